The van der Waals surface area contributed by atoms with E-state index in [2.05, 4.69) is 0 Å². The van der Waals surface area contributed by atoms with Gasteiger partial charge in [0.15, 0.2) is 5.78 Å². The Hall–Kier alpha value is -2.15. The molecular weight excluding hydrogens is 432 g/mol. The van der Waals surface area contributed by atoms with Gasteiger partial charge in [0.2, 0.25) is 5.60 Å². The average Bonchev–Trinajstić information content (AvgIpc) is 3.27. The highest BCUT2D eigenvalue weighted by Gasteiger charge is 2.88. The highest BCUT2D eigenvalue weighted by Crippen LogP contribution is 2.66. The first-order valence-electron chi connectivity index (χ1n) is 9.68. The molecule has 1 aromatic rings. The van der Waals surface area contributed by atoms with Gasteiger partial charge in [0.05, 0.1) is 29.2 Å². The first-order chi connectivity index (χ1) is 14.6. The Kier molecular flexibility index (Phi) is 4.31. The van der Waals surface area contributed by atoms with Crippen LogP contribution < -0.4 is 0 Å². The van der Waals surface area contributed by atoms with Crippen molar-refractivity contribution < 1.29 is 49.0 Å². The number of cyclic esters (lactones) is 1. The molecule has 11 heteroatoms. The molecule has 166 valence electrons. The molecule has 3 fully saturated rings. The van der Waals surface area contributed by atoms with Crippen molar-refractivity contribution in [2.24, 2.45) is 11.8 Å². The second kappa shape index (κ2) is 6.44. The fourth-order valence-electron chi connectivity index (χ4n) is 5.66. The second-order valence-electron chi connectivity index (χ2n) is 8.40. The van der Waals surface area contributed by atoms with E-state index in [9.17, 15) is 34.8 Å². The number of hydrogen-bond donors (Lipinski definition) is 4. The number of ether oxygens (including phenoxy) is 3. The number of carbonyl (C=O) groups excluding carboxylic acids is 3. The van der Waals surface area contributed by atoms with Crippen molar-refractivity contribution in [3.63, 3.8) is 0 Å². The third-order valence-corrected chi connectivity index (χ3v) is 7.84. The van der Waals surface area contributed by atoms with Crippen LogP contribution in [0.4, 0.5) is 0 Å². The van der Waals surface area contributed by atoms with Gasteiger partial charge in [-0.1, -0.05) is 6.07 Å². The Morgan fingerprint density at radius 1 is 1.29 bits per heavy atom. The number of esters is 2. The van der Waals surface area contributed by atoms with Gasteiger partial charge < -0.3 is 34.6 Å². The number of hydrogen-bond acceptors (Lipinski definition) is 11. The number of ketones is 1. The zero-order valence-electron chi connectivity index (χ0n) is 16.3. The first-order valence-corrected chi connectivity index (χ1v) is 10.6. The fourth-order valence-corrected chi connectivity index (χ4v) is 6.35. The molecule has 0 spiro atoms. The number of Topliss-reactive ketones (excluding diaryl/α,β-unsaturated/α-hetero) is 1. The van der Waals surface area contributed by atoms with E-state index in [0.717, 1.165) is 11.3 Å². The number of rotatable bonds is 4. The molecule has 3 bridgehead atoms. The summed E-state index contributed by atoms with van der Waals surface area (Å²) in [6.45, 7) is 0. The normalized spacial score (nSPS) is 45.8. The van der Waals surface area contributed by atoms with Gasteiger partial charge in [0, 0.05) is 13.5 Å². The van der Waals surface area contributed by atoms with Gasteiger partial charge in [0.1, 0.15) is 29.2 Å². The van der Waals surface area contributed by atoms with Gasteiger partial charge in [-0.15, -0.1) is 11.3 Å². The van der Waals surface area contributed by atoms with Gasteiger partial charge in [-0.3, -0.25) is 9.59 Å². The monoisotopic (exact) mass is 452 g/mol. The van der Waals surface area contributed by atoms with E-state index in [-0.39, 0.29) is 17.1 Å². The summed E-state index contributed by atoms with van der Waals surface area (Å²) in [6.07, 6.45) is -3.22. The van der Waals surface area contributed by atoms with E-state index in [1.807, 2.05) is 0 Å². The molecule has 2 aliphatic carbocycles. The highest BCUT2D eigenvalue weighted by molar-refractivity contribution is 7.12. The molecule has 5 rings (SSSR count). The van der Waals surface area contributed by atoms with E-state index >= 15 is 0 Å². The molecule has 0 radical (unpaired) electrons. The van der Waals surface area contributed by atoms with Gasteiger partial charge in [0.25, 0.3) is 0 Å². The molecule has 3 heterocycles. The Morgan fingerprint density at radius 2 is 2.03 bits per heavy atom. The summed E-state index contributed by atoms with van der Waals surface area (Å²) in [6, 6.07) is 3.01. The predicted octanol–water partition coefficient (Wildman–Crippen LogP) is -1.09. The largest absolute Gasteiger partial charge is 0.457 e. The van der Waals surface area contributed by atoms with Crippen LogP contribution in [0.2, 0.25) is 0 Å². The van der Waals surface area contributed by atoms with Crippen molar-refractivity contribution >= 4 is 29.1 Å². The number of aliphatic hydroxyl groups excluding tert-OH is 1. The molecular formula is C20H20O10S. The maximum Gasteiger partial charge on any atom is 0.342 e. The Labute approximate surface area is 179 Å². The molecule has 0 aromatic carbocycles. The lowest BCUT2D eigenvalue weighted by atomic mass is 9.65. The molecule has 1 unspecified atom stereocenters. The first kappa shape index (κ1) is 20.7. The Bertz CT molecular complexity index is 1000. The van der Waals surface area contributed by atoms with Gasteiger partial charge in [-0.05, 0) is 17.5 Å². The molecule has 2 saturated carbocycles. The molecule has 4 aliphatic rings. The molecule has 31 heavy (non-hydrogen) atoms. The standard InChI is InChI=1S/C20H20O10S/c1-28-8-5-9(29-12(21)6-8)14-18(25)7-10-16(23)19(14,26)15(20(18,27)17(24)30-10)13(22)11-3-2-4-31-11/h2-5,8,10,14-16,23,25-27H,6-7H2,1H3/t8?,10-,14-,15+,16-,18-,19+,20-/m1/s1. The van der Waals surface area contributed by atoms with Crippen LogP contribution in [0.1, 0.15) is 22.5 Å². The van der Waals surface area contributed by atoms with Gasteiger partial charge >= 0.3 is 11.9 Å². The summed E-state index contributed by atoms with van der Waals surface area (Å²) in [4.78, 5) is 38.5. The summed E-state index contributed by atoms with van der Waals surface area (Å²) < 4.78 is 15.5. The number of aliphatic hydroxyl groups is 4. The highest BCUT2D eigenvalue weighted by atomic mass is 32.1. The minimum absolute atomic E-state index is 0.106. The average molecular weight is 452 g/mol. The lowest BCUT2D eigenvalue weighted by molar-refractivity contribution is -0.262. The van der Waals surface area contributed by atoms with E-state index in [1.54, 1.807) is 11.4 Å². The summed E-state index contributed by atoms with van der Waals surface area (Å²) in [5.41, 5.74) is -7.89. The Morgan fingerprint density at radius 3 is 2.68 bits per heavy atom. The maximum atomic E-state index is 13.4. The molecule has 8 atom stereocenters. The third kappa shape index (κ3) is 2.36. The summed E-state index contributed by atoms with van der Waals surface area (Å²) in [5, 5.41) is 47.6. The van der Waals surface area contributed by atoms with Crippen LogP contribution in [0.15, 0.2) is 29.3 Å². The van der Waals surface area contributed by atoms with E-state index in [4.69, 9.17) is 14.2 Å². The quantitative estimate of drug-likeness (QED) is 0.326. The van der Waals surface area contributed by atoms with E-state index < -0.39 is 71.1 Å². The van der Waals surface area contributed by atoms with Crippen LogP contribution in [0.25, 0.3) is 0 Å². The van der Waals surface area contributed by atoms with Crippen molar-refractivity contribution in [3.8, 4) is 0 Å². The van der Waals surface area contributed by atoms with Crippen molar-refractivity contribution in [2.75, 3.05) is 7.11 Å². The van der Waals surface area contributed by atoms with Crippen LogP contribution in [-0.4, -0.2) is 80.4 Å². The SMILES string of the molecule is COC1C=C([C@H]2[C@@]3(O)[C@H](O)[C@H]4C[C@]2(O)[C@](O)(C(=O)O4)[C@H]3C(=O)c2cccs2)OC(=O)C1. The summed E-state index contributed by atoms with van der Waals surface area (Å²) >= 11 is 1.01. The zero-order valence-corrected chi connectivity index (χ0v) is 17.1. The lowest BCUT2D eigenvalue weighted by Gasteiger charge is -2.51. The number of fused-ring (bicyclic) bond motifs is 2. The van der Waals surface area contributed by atoms with E-state index in [1.165, 1.54) is 19.3 Å². The summed E-state index contributed by atoms with van der Waals surface area (Å²) in [7, 11) is 1.35. The third-order valence-electron chi connectivity index (χ3n) is 6.95. The topological polar surface area (TPSA) is 160 Å². The van der Waals surface area contributed by atoms with Crippen molar-refractivity contribution in [1.82, 2.24) is 0 Å². The van der Waals surface area contributed by atoms with E-state index in [0.29, 0.717) is 0 Å². The van der Waals surface area contributed by atoms with Crippen molar-refractivity contribution in [2.45, 2.75) is 48.0 Å². The predicted molar refractivity (Wildman–Crippen MR) is 101 cm³/mol. The van der Waals surface area contributed by atoms with Crippen molar-refractivity contribution in [3.05, 3.63) is 34.2 Å². The number of thiophene rings is 1. The molecule has 2 aliphatic heterocycles. The summed E-state index contributed by atoms with van der Waals surface area (Å²) in [5.74, 6) is -6.81. The van der Waals surface area contributed by atoms with Crippen LogP contribution in [-0.2, 0) is 23.8 Å². The van der Waals surface area contributed by atoms with Crippen LogP contribution in [0.3, 0.4) is 0 Å². The molecule has 1 saturated heterocycles. The van der Waals surface area contributed by atoms with Crippen LogP contribution >= 0.6 is 11.3 Å². The number of methoxy groups -OCH3 is 1. The Balaban J connectivity index is 1.75. The zero-order chi connectivity index (χ0) is 22.3. The molecule has 0 amide bonds. The van der Waals surface area contributed by atoms with Crippen molar-refractivity contribution in [1.29, 1.82) is 0 Å². The number of carbonyl (C=O) groups is 3. The molecule has 4 N–H and O–H groups in total. The van der Waals surface area contributed by atoms with Gasteiger partial charge in [-0.2, -0.15) is 0 Å². The smallest absolute Gasteiger partial charge is 0.342 e. The van der Waals surface area contributed by atoms with Gasteiger partial charge in [-0.25, -0.2) is 4.79 Å². The minimum atomic E-state index is -2.88. The second-order valence-corrected chi connectivity index (χ2v) is 9.35. The van der Waals surface area contributed by atoms with Crippen LogP contribution in [0.5, 0.6) is 0 Å². The lowest BCUT2D eigenvalue weighted by Crippen LogP contribution is -2.70. The molecule has 1 aromatic heterocycles. The fraction of sp³-hybridized carbons (Fsp3) is 0.550. The van der Waals surface area contributed by atoms with Crippen LogP contribution in [0, 0.1) is 11.8 Å². The molecule has 10 nitrogen and oxygen atoms in total. The minimum Gasteiger partial charge on any atom is -0.457 e. The maximum absolute atomic E-state index is 13.4.